The van der Waals surface area contributed by atoms with Gasteiger partial charge in [0, 0.05) is 12.3 Å². The third kappa shape index (κ3) is 11.5. The van der Waals surface area contributed by atoms with Gasteiger partial charge >= 0.3 is 0 Å². The summed E-state index contributed by atoms with van der Waals surface area (Å²) in [6.45, 7) is 19.3. The van der Waals surface area contributed by atoms with Crippen LogP contribution in [-0.2, 0) is 4.79 Å². The largest absolute Gasteiger partial charge is 0.303 e. The lowest BCUT2D eigenvalue weighted by atomic mass is 9.78. The SMILES string of the molecule is CCCCCCN1CCC(C(C)CCC(C)C2CCN(CCCCCC(=O)C(C)C)CC2)CC1. The van der Waals surface area contributed by atoms with E-state index in [9.17, 15) is 4.79 Å². The van der Waals surface area contributed by atoms with Gasteiger partial charge in [-0.15, -0.1) is 0 Å². The summed E-state index contributed by atoms with van der Waals surface area (Å²) in [5, 5.41) is 0. The highest BCUT2D eigenvalue weighted by atomic mass is 16.1. The van der Waals surface area contributed by atoms with Gasteiger partial charge in [-0.1, -0.05) is 73.1 Å². The fourth-order valence-corrected chi connectivity index (χ4v) is 6.35. The number of carbonyl (C=O) groups excluding carboxylic acids is 1. The lowest BCUT2D eigenvalue weighted by Gasteiger charge is -2.37. The van der Waals surface area contributed by atoms with E-state index < -0.39 is 0 Å². The number of piperidine rings is 2. The first-order chi connectivity index (χ1) is 16.4. The van der Waals surface area contributed by atoms with Crippen LogP contribution in [0.15, 0.2) is 0 Å². The summed E-state index contributed by atoms with van der Waals surface area (Å²) >= 11 is 0. The molecule has 0 aromatic rings. The van der Waals surface area contributed by atoms with Gasteiger partial charge in [0.1, 0.15) is 5.78 Å². The fraction of sp³-hybridized carbons (Fsp3) is 0.968. The van der Waals surface area contributed by atoms with Gasteiger partial charge in [-0.05, 0) is 108 Å². The van der Waals surface area contributed by atoms with Crippen molar-refractivity contribution in [3.63, 3.8) is 0 Å². The molecule has 0 N–H and O–H groups in total. The Morgan fingerprint density at radius 3 is 1.53 bits per heavy atom. The molecule has 0 bridgehead atoms. The van der Waals surface area contributed by atoms with Crippen LogP contribution in [0.4, 0.5) is 0 Å². The molecular formula is C31H60N2O. The van der Waals surface area contributed by atoms with Crippen molar-refractivity contribution in [1.29, 1.82) is 0 Å². The molecule has 200 valence electrons. The summed E-state index contributed by atoms with van der Waals surface area (Å²) in [5.74, 6) is 4.36. The van der Waals surface area contributed by atoms with E-state index in [0.717, 1.165) is 36.5 Å². The fourth-order valence-electron chi connectivity index (χ4n) is 6.35. The van der Waals surface area contributed by atoms with Crippen LogP contribution in [0.1, 0.15) is 125 Å². The van der Waals surface area contributed by atoms with E-state index in [1.807, 2.05) is 13.8 Å². The van der Waals surface area contributed by atoms with Crippen molar-refractivity contribution in [2.45, 2.75) is 125 Å². The van der Waals surface area contributed by atoms with E-state index in [1.165, 1.54) is 116 Å². The third-order valence-electron chi connectivity index (χ3n) is 9.32. The van der Waals surface area contributed by atoms with E-state index in [2.05, 4.69) is 30.6 Å². The molecule has 0 saturated carbocycles. The average Bonchev–Trinajstić information content (AvgIpc) is 2.85. The van der Waals surface area contributed by atoms with Gasteiger partial charge in [0.15, 0.2) is 0 Å². The van der Waals surface area contributed by atoms with Crippen LogP contribution < -0.4 is 0 Å². The number of hydrogen-bond acceptors (Lipinski definition) is 3. The van der Waals surface area contributed by atoms with Gasteiger partial charge in [-0.2, -0.15) is 0 Å². The number of ketones is 1. The van der Waals surface area contributed by atoms with Gasteiger partial charge in [-0.25, -0.2) is 0 Å². The highest BCUT2D eigenvalue weighted by Gasteiger charge is 2.27. The number of rotatable bonds is 17. The molecule has 2 aliphatic heterocycles. The summed E-state index contributed by atoms with van der Waals surface area (Å²) < 4.78 is 0. The highest BCUT2D eigenvalue weighted by Crippen LogP contribution is 2.33. The Balaban J connectivity index is 1.51. The third-order valence-corrected chi connectivity index (χ3v) is 9.32. The van der Waals surface area contributed by atoms with Crippen LogP contribution >= 0.6 is 0 Å². The number of Topliss-reactive ketones (excluding diaryl/α,β-unsaturated/α-hetero) is 1. The summed E-state index contributed by atoms with van der Waals surface area (Å²) in [6.07, 6.45) is 18.5. The molecule has 0 amide bonds. The summed E-state index contributed by atoms with van der Waals surface area (Å²) in [4.78, 5) is 17.2. The first kappa shape index (κ1) is 29.8. The van der Waals surface area contributed by atoms with Crippen LogP contribution in [0, 0.1) is 29.6 Å². The maximum atomic E-state index is 11.7. The van der Waals surface area contributed by atoms with Crippen molar-refractivity contribution < 1.29 is 4.79 Å². The second kappa shape index (κ2) is 17.1. The molecule has 2 rings (SSSR count). The molecule has 2 fully saturated rings. The molecule has 2 aliphatic rings. The van der Waals surface area contributed by atoms with Gasteiger partial charge < -0.3 is 9.80 Å². The van der Waals surface area contributed by atoms with Crippen molar-refractivity contribution in [2.24, 2.45) is 29.6 Å². The smallest absolute Gasteiger partial charge is 0.135 e. The Kier molecular flexibility index (Phi) is 15.0. The molecule has 2 saturated heterocycles. The molecule has 2 atom stereocenters. The quantitative estimate of drug-likeness (QED) is 0.200. The zero-order valence-corrected chi connectivity index (χ0v) is 23.8. The molecule has 0 radical (unpaired) electrons. The second-order valence-electron chi connectivity index (χ2n) is 12.4. The molecule has 0 aromatic carbocycles. The van der Waals surface area contributed by atoms with E-state index >= 15 is 0 Å². The minimum absolute atomic E-state index is 0.210. The second-order valence-corrected chi connectivity index (χ2v) is 12.4. The summed E-state index contributed by atoms with van der Waals surface area (Å²) in [6, 6.07) is 0. The Morgan fingerprint density at radius 1 is 0.676 bits per heavy atom. The number of unbranched alkanes of at least 4 members (excludes halogenated alkanes) is 5. The van der Waals surface area contributed by atoms with Crippen molar-refractivity contribution in [3.05, 3.63) is 0 Å². The zero-order chi connectivity index (χ0) is 24.8. The molecular weight excluding hydrogens is 416 g/mol. The predicted octanol–water partition coefficient (Wildman–Crippen LogP) is 7.83. The average molecular weight is 477 g/mol. The molecule has 34 heavy (non-hydrogen) atoms. The molecule has 2 unspecified atom stereocenters. The Morgan fingerprint density at radius 2 is 1.12 bits per heavy atom. The van der Waals surface area contributed by atoms with Gasteiger partial charge in [0.05, 0.1) is 0 Å². The van der Waals surface area contributed by atoms with Gasteiger partial charge in [0.25, 0.3) is 0 Å². The molecule has 2 heterocycles. The maximum absolute atomic E-state index is 11.7. The summed E-state index contributed by atoms with van der Waals surface area (Å²) in [5.41, 5.74) is 0. The molecule has 0 aromatic heterocycles. The maximum Gasteiger partial charge on any atom is 0.135 e. The Labute approximate surface area is 213 Å². The summed E-state index contributed by atoms with van der Waals surface area (Å²) in [7, 11) is 0. The van der Waals surface area contributed by atoms with Crippen LogP contribution in [0.25, 0.3) is 0 Å². The number of carbonyl (C=O) groups is 1. The van der Waals surface area contributed by atoms with Crippen LogP contribution in [0.3, 0.4) is 0 Å². The lowest BCUT2D eigenvalue weighted by Crippen LogP contribution is -2.37. The minimum atomic E-state index is 0.210. The van der Waals surface area contributed by atoms with Crippen molar-refractivity contribution in [3.8, 4) is 0 Å². The first-order valence-corrected chi connectivity index (χ1v) is 15.4. The van der Waals surface area contributed by atoms with E-state index in [-0.39, 0.29) is 5.92 Å². The Hall–Kier alpha value is -0.410. The highest BCUT2D eigenvalue weighted by molar-refractivity contribution is 5.80. The number of likely N-dealkylation sites (tertiary alicyclic amines) is 2. The predicted molar refractivity (Wildman–Crippen MR) is 148 cm³/mol. The normalized spacial score (nSPS) is 21.2. The van der Waals surface area contributed by atoms with Gasteiger partial charge in [-0.3, -0.25) is 4.79 Å². The van der Waals surface area contributed by atoms with E-state index in [1.54, 1.807) is 0 Å². The zero-order valence-electron chi connectivity index (χ0n) is 23.8. The van der Waals surface area contributed by atoms with E-state index in [4.69, 9.17) is 0 Å². The van der Waals surface area contributed by atoms with Crippen LogP contribution in [0.5, 0.6) is 0 Å². The molecule has 0 spiro atoms. The van der Waals surface area contributed by atoms with Crippen LogP contribution in [0.2, 0.25) is 0 Å². The van der Waals surface area contributed by atoms with Crippen LogP contribution in [-0.4, -0.2) is 54.9 Å². The lowest BCUT2D eigenvalue weighted by molar-refractivity contribution is -0.122. The molecule has 3 nitrogen and oxygen atoms in total. The van der Waals surface area contributed by atoms with Crippen molar-refractivity contribution in [1.82, 2.24) is 9.80 Å². The monoisotopic (exact) mass is 476 g/mol. The standard InChI is InChI=1S/C31H60N2O/c1-6-7-8-11-20-32-22-16-29(17-23-32)27(4)14-15-28(5)30-18-24-33(25-19-30)21-12-9-10-13-31(34)26(2)3/h26-30H,6-25H2,1-5H3. The molecule has 3 heteroatoms. The Bertz CT molecular complexity index is 518. The topological polar surface area (TPSA) is 23.6 Å². The molecule has 0 aliphatic carbocycles. The van der Waals surface area contributed by atoms with E-state index in [0.29, 0.717) is 5.78 Å². The number of hydrogen-bond donors (Lipinski definition) is 0. The minimum Gasteiger partial charge on any atom is -0.303 e. The number of nitrogens with zero attached hydrogens (tertiary/aromatic N) is 2. The van der Waals surface area contributed by atoms with Gasteiger partial charge in [0.2, 0.25) is 0 Å². The van der Waals surface area contributed by atoms with Crippen molar-refractivity contribution >= 4 is 5.78 Å². The first-order valence-electron chi connectivity index (χ1n) is 15.4. The van der Waals surface area contributed by atoms with Crippen molar-refractivity contribution in [2.75, 3.05) is 39.3 Å².